The van der Waals surface area contributed by atoms with Gasteiger partial charge in [0.15, 0.2) is 0 Å². The van der Waals surface area contributed by atoms with Gasteiger partial charge in [-0.05, 0) is 19.1 Å². The molecule has 1 fully saturated rings. The predicted molar refractivity (Wildman–Crippen MR) is 60.3 cm³/mol. The first-order valence-electron chi connectivity index (χ1n) is 5.56. The summed E-state index contributed by atoms with van der Waals surface area (Å²) >= 11 is 0. The summed E-state index contributed by atoms with van der Waals surface area (Å²) in [6, 6.07) is 5.72. The number of ether oxygens (including phenoxy) is 1. The molecule has 0 radical (unpaired) electrons. The number of hydrogen-bond donors (Lipinski definition) is 3. The van der Waals surface area contributed by atoms with Crippen LogP contribution in [0.1, 0.15) is 6.92 Å². The zero-order chi connectivity index (χ0) is 12.5. The van der Waals surface area contributed by atoms with Crippen LogP contribution in [0.3, 0.4) is 0 Å². The third-order valence-corrected chi connectivity index (χ3v) is 3.09. The van der Waals surface area contributed by atoms with Crippen molar-refractivity contribution in [2.75, 3.05) is 13.1 Å². The molecule has 5 heteroatoms. The molecule has 0 aromatic heterocycles. The maximum Gasteiger partial charge on any atom is 0.143 e. The minimum atomic E-state index is -1.34. The number of rotatable bonds is 3. The smallest absolute Gasteiger partial charge is 0.143 e. The molecule has 4 nitrogen and oxygen atoms in total. The first-order chi connectivity index (χ1) is 8.02. The third kappa shape index (κ3) is 2.41. The summed E-state index contributed by atoms with van der Waals surface area (Å²) in [6.07, 6.45) is -1.51. The number of β-amino-alcohol motifs (C(OH)–C–C–N with tert-alkyl or cyclic N) is 1. The van der Waals surface area contributed by atoms with Gasteiger partial charge in [0, 0.05) is 19.2 Å². The van der Waals surface area contributed by atoms with E-state index in [0.29, 0.717) is 12.3 Å². The first kappa shape index (κ1) is 12.3. The standard InChI is InChI=1S/C12H16FNO3/c1-8(15)12(16)7-14-6-11(12)17-10-4-2-3-9(13)5-10/h2-5,8,11,14-16H,6-7H2,1H3/t8-,11+,12-/m1/s1. The number of hydrogen-bond acceptors (Lipinski definition) is 4. The summed E-state index contributed by atoms with van der Waals surface area (Å²) in [4.78, 5) is 0. The van der Waals surface area contributed by atoms with Crippen LogP contribution in [-0.2, 0) is 0 Å². The van der Waals surface area contributed by atoms with Crippen molar-refractivity contribution in [2.24, 2.45) is 0 Å². The van der Waals surface area contributed by atoms with E-state index in [0.717, 1.165) is 0 Å². The molecule has 0 aliphatic carbocycles. The van der Waals surface area contributed by atoms with Crippen molar-refractivity contribution >= 4 is 0 Å². The van der Waals surface area contributed by atoms with Crippen molar-refractivity contribution < 1.29 is 19.3 Å². The molecule has 94 valence electrons. The second kappa shape index (κ2) is 4.60. The fraction of sp³-hybridized carbons (Fsp3) is 0.500. The topological polar surface area (TPSA) is 61.7 Å². The van der Waals surface area contributed by atoms with Crippen LogP contribution < -0.4 is 10.1 Å². The summed E-state index contributed by atoms with van der Waals surface area (Å²) in [6.45, 7) is 2.18. The molecule has 0 spiro atoms. The first-order valence-corrected chi connectivity index (χ1v) is 5.56. The van der Waals surface area contributed by atoms with E-state index in [2.05, 4.69) is 5.32 Å². The van der Waals surface area contributed by atoms with Crippen molar-refractivity contribution in [3.63, 3.8) is 0 Å². The van der Waals surface area contributed by atoms with Crippen LogP contribution in [-0.4, -0.2) is 41.1 Å². The molecule has 1 saturated heterocycles. The van der Waals surface area contributed by atoms with E-state index >= 15 is 0 Å². The predicted octanol–water partition coefficient (Wildman–Crippen LogP) is 0.288. The lowest BCUT2D eigenvalue weighted by Crippen LogP contribution is -2.53. The maximum atomic E-state index is 13.0. The van der Waals surface area contributed by atoms with E-state index < -0.39 is 23.6 Å². The number of aliphatic hydroxyl groups excluding tert-OH is 1. The number of aliphatic hydroxyl groups is 2. The Morgan fingerprint density at radius 2 is 2.35 bits per heavy atom. The summed E-state index contributed by atoms with van der Waals surface area (Å²) in [5.41, 5.74) is -1.34. The third-order valence-electron chi connectivity index (χ3n) is 3.09. The lowest BCUT2D eigenvalue weighted by Gasteiger charge is -2.31. The quantitative estimate of drug-likeness (QED) is 0.711. The van der Waals surface area contributed by atoms with Gasteiger partial charge in [-0.1, -0.05) is 6.07 Å². The van der Waals surface area contributed by atoms with Crippen LogP contribution in [0.15, 0.2) is 24.3 Å². The van der Waals surface area contributed by atoms with Crippen molar-refractivity contribution in [3.05, 3.63) is 30.1 Å². The molecule has 1 aliphatic rings. The highest BCUT2D eigenvalue weighted by atomic mass is 19.1. The normalized spacial score (nSPS) is 30.2. The average molecular weight is 241 g/mol. The van der Waals surface area contributed by atoms with Crippen molar-refractivity contribution in [1.82, 2.24) is 5.32 Å². The Balaban J connectivity index is 2.13. The molecule has 1 aromatic carbocycles. The molecule has 1 heterocycles. The Hall–Kier alpha value is -1.17. The zero-order valence-electron chi connectivity index (χ0n) is 9.56. The number of benzene rings is 1. The fourth-order valence-corrected chi connectivity index (χ4v) is 1.96. The highest BCUT2D eigenvalue weighted by Gasteiger charge is 2.46. The Labute approximate surface area is 99.0 Å². The van der Waals surface area contributed by atoms with Crippen LogP contribution in [0.2, 0.25) is 0 Å². The van der Waals surface area contributed by atoms with Gasteiger partial charge in [0.1, 0.15) is 23.3 Å². The van der Waals surface area contributed by atoms with Gasteiger partial charge in [-0.2, -0.15) is 0 Å². The van der Waals surface area contributed by atoms with Gasteiger partial charge < -0.3 is 20.3 Å². The monoisotopic (exact) mass is 241 g/mol. The molecule has 0 unspecified atom stereocenters. The Morgan fingerprint density at radius 1 is 1.59 bits per heavy atom. The van der Waals surface area contributed by atoms with E-state index in [1.807, 2.05) is 0 Å². The summed E-state index contributed by atoms with van der Waals surface area (Å²) in [5.74, 6) is -0.0492. The highest BCUT2D eigenvalue weighted by Crippen LogP contribution is 2.25. The molecule has 3 atom stereocenters. The van der Waals surface area contributed by atoms with Gasteiger partial charge in [0.05, 0.1) is 6.10 Å². The van der Waals surface area contributed by atoms with Gasteiger partial charge >= 0.3 is 0 Å². The van der Waals surface area contributed by atoms with Gasteiger partial charge in [-0.15, -0.1) is 0 Å². The zero-order valence-corrected chi connectivity index (χ0v) is 9.56. The Kier molecular flexibility index (Phi) is 3.33. The van der Waals surface area contributed by atoms with E-state index in [4.69, 9.17) is 4.74 Å². The Bertz CT molecular complexity index is 399. The van der Waals surface area contributed by atoms with E-state index in [1.165, 1.54) is 25.1 Å². The fourth-order valence-electron chi connectivity index (χ4n) is 1.96. The maximum absolute atomic E-state index is 13.0. The van der Waals surface area contributed by atoms with E-state index in [1.54, 1.807) is 6.07 Å². The summed E-state index contributed by atoms with van der Waals surface area (Å²) in [5, 5.41) is 22.7. The molecule has 0 amide bonds. The van der Waals surface area contributed by atoms with Crippen LogP contribution in [0.25, 0.3) is 0 Å². The van der Waals surface area contributed by atoms with Gasteiger partial charge in [-0.25, -0.2) is 4.39 Å². The second-order valence-corrected chi connectivity index (χ2v) is 4.36. The molecular weight excluding hydrogens is 225 g/mol. The minimum Gasteiger partial charge on any atom is -0.486 e. The summed E-state index contributed by atoms with van der Waals surface area (Å²) in [7, 11) is 0. The SMILES string of the molecule is C[C@@H](O)[C@]1(O)CNC[C@@H]1Oc1cccc(F)c1. The van der Waals surface area contributed by atoms with Gasteiger partial charge in [0.25, 0.3) is 0 Å². The average Bonchev–Trinajstić information content (AvgIpc) is 2.62. The Morgan fingerprint density at radius 3 is 3.00 bits per heavy atom. The largest absolute Gasteiger partial charge is 0.486 e. The lowest BCUT2D eigenvalue weighted by atomic mass is 9.94. The van der Waals surface area contributed by atoms with Crippen molar-refractivity contribution in [2.45, 2.75) is 24.7 Å². The molecule has 0 saturated carbocycles. The molecule has 2 rings (SSSR count). The van der Waals surface area contributed by atoms with Gasteiger partial charge in [-0.3, -0.25) is 0 Å². The highest BCUT2D eigenvalue weighted by molar-refractivity contribution is 5.23. The van der Waals surface area contributed by atoms with Crippen LogP contribution in [0.5, 0.6) is 5.75 Å². The van der Waals surface area contributed by atoms with E-state index in [-0.39, 0.29) is 6.54 Å². The lowest BCUT2D eigenvalue weighted by molar-refractivity contribution is -0.103. The molecule has 0 bridgehead atoms. The van der Waals surface area contributed by atoms with Crippen LogP contribution in [0, 0.1) is 5.82 Å². The van der Waals surface area contributed by atoms with E-state index in [9.17, 15) is 14.6 Å². The van der Waals surface area contributed by atoms with Gasteiger partial charge in [0.2, 0.25) is 0 Å². The number of halogens is 1. The second-order valence-electron chi connectivity index (χ2n) is 4.36. The number of nitrogens with one attached hydrogen (secondary N) is 1. The molecule has 1 aliphatic heterocycles. The molecule has 17 heavy (non-hydrogen) atoms. The minimum absolute atomic E-state index is 0.255. The van der Waals surface area contributed by atoms with Crippen LogP contribution >= 0.6 is 0 Å². The van der Waals surface area contributed by atoms with Crippen molar-refractivity contribution in [3.8, 4) is 5.75 Å². The molecule has 1 aromatic rings. The molecule has 3 N–H and O–H groups in total. The van der Waals surface area contributed by atoms with Crippen LogP contribution in [0.4, 0.5) is 4.39 Å². The summed E-state index contributed by atoms with van der Waals surface area (Å²) < 4.78 is 18.5. The molecular formula is C12H16FNO3. The van der Waals surface area contributed by atoms with Crippen molar-refractivity contribution in [1.29, 1.82) is 0 Å².